The summed E-state index contributed by atoms with van der Waals surface area (Å²) in [6.45, 7) is 2.17. The van der Waals surface area contributed by atoms with Crippen molar-refractivity contribution < 1.29 is 18.7 Å². The van der Waals surface area contributed by atoms with Gasteiger partial charge < -0.3 is 14.5 Å². The average molecular weight is 293 g/mol. The third-order valence-corrected chi connectivity index (χ3v) is 2.44. The van der Waals surface area contributed by atoms with Gasteiger partial charge in [0.05, 0.1) is 19.3 Å². The highest BCUT2D eigenvalue weighted by Crippen LogP contribution is 2.12. The molecule has 112 valence electrons. The summed E-state index contributed by atoms with van der Waals surface area (Å²) in [5.74, 6) is 0.114. The molecule has 0 saturated heterocycles. The molecule has 1 N–H and O–H groups in total. The van der Waals surface area contributed by atoms with Gasteiger partial charge in [-0.1, -0.05) is 0 Å². The summed E-state index contributed by atoms with van der Waals surface area (Å²) < 4.78 is 9.87. The van der Waals surface area contributed by atoms with Gasteiger partial charge in [-0.3, -0.25) is 9.59 Å². The number of rotatable bonds is 7. The zero-order valence-electron chi connectivity index (χ0n) is 11.5. The number of ether oxygens (including phenoxy) is 1. The van der Waals surface area contributed by atoms with Crippen LogP contribution in [0.4, 0.5) is 0 Å². The fourth-order valence-corrected chi connectivity index (χ4v) is 1.54. The standard InChI is InChI=1S/C12H15N5O4/c1-2-20-11(19)5-6-13-10(18)8-17-15-12(14-16-17)9-4-3-7-21-9/h3-4,7H,2,5-6,8H2,1H3,(H,13,18). The number of esters is 1. The van der Waals surface area contributed by atoms with Crippen molar-refractivity contribution in [2.45, 2.75) is 19.9 Å². The Morgan fingerprint density at radius 2 is 2.33 bits per heavy atom. The number of hydrogen-bond donors (Lipinski definition) is 1. The molecular formula is C12H15N5O4. The van der Waals surface area contributed by atoms with E-state index in [2.05, 4.69) is 20.7 Å². The largest absolute Gasteiger partial charge is 0.466 e. The van der Waals surface area contributed by atoms with E-state index in [0.717, 1.165) is 4.80 Å². The fraction of sp³-hybridized carbons (Fsp3) is 0.417. The van der Waals surface area contributed by atoms with Crippen LogP contribution in [-0.4, -0.2) is 45.2 Å². The van der Waals surface area contributed by atoms with Gasteiger partial charge in [0.15, 0.2) is 5.76 Å². The summed E-state index contributed by atoms with van der Waals surface area (Å²) in [7, 11) is 0. The van der Waals surface area contributed by atoms with E-state index >= 15 is 0 Å². The molecule has 0 aliphatic rings. The van der Waals surface area contributed by atoms with Crippen LogP contribution in [-0.2, 0) is 20.9 Å². The molecule has 0 spiro atoms. The molecule has 0 radical (unpaired) electrons. The number of nitrogens with one attached hydrogen (secondary N) is 1. The van der Waals surface area contributed by atoms with Crippen molar-refractivity contribution in [2.75, 3.05) is 13.2 Å². The Morgan fingerprint density at radius 3 is 3.05 bits per heavy atom. The van der Waals surface area contributed by atoms with Crippen LogP contribution in [0.15, 0.2) is 22.8 Å². The molecule has 0 aromatic carbocycles. The van der Waals surface area contributed by atoms with Crippen LogP contribution in [0.5, 0.6) is 0 Å². The van der Waals surface area contributed by atoms with E-state index in [4.69, 9.17) is 9.15 Å². The van der Waals surface area contributed by atoms with E-state index in [-0.39, 0.29) is 31.4 Å². The van der Waals surface area contributed by atoms with Gasteiger partial charge in [-0.05, 0) is 24.3 Å². The molecule has 0 saturated carbocycles. The van der Waals surface area contributed by atoms with Crippen molar-refractivity contribution in [3.63, 3.8) is 0 Å². The molecule has 9 heteroatoms. The summed E-state index contributed by atoms with van der Waals surface area (Å²) in [5.41, 5.74) is 0. The number of nitrogens with zero attached hydrogens (tertiary/aromatic N) is 4. The van der Waals surface area contributed by atoms with Crippen molar-refractivity contribution in [2.24, 2.45) is 0 Å². The SMILES string of the molecule is CCOC(=O)CCNC(=O)Cn1nnc(-c2ccco2)n1. The summed E-state index contributed by atoms with van der Waals surface area (Å²) in [6.07, 6.45) is 1.63. The first kappa shape index (κ1) is 14.7. The Balaban J connectivity index is 1.77. The van der Waals surface area contributed by atoms with Crippen molar-refractivity contribution >= 4 is 11.9 Å². The second-order valence-corrected chi connectivity index (χ2v) is 4.03. The van der Waals surface area contributed by atoms with Gasteiger partial charge in [-0.2, -0.15) is 4.80 Å². The quantitative estimate of drug-likeness (QED) is 0.715. The normalized spacial score (nSPS) is 10.3. The third-order valence-electron chi connectivity index (χ3n) is 2.44. The zero-order valence-corrected chi connectivity index (χ0v) is 11.5. The lowest BCUT2D eigenvalue weighted by Crippen LogP contribution is -2.30. The van der Waals surface area contributed by atoms with Gasteiger partial charge in [0, 0.05) is 6.54 Å². The van der Waals surface area contributed by atoms with E-state index in [0.29, 0.717) is 18.2 Å². The Bertz CT molecular complexity index is 593. The maximum Gasteiger partial charge on any atom is 0.307 e. The van der Waals surface area contributed by atoms with Gasteiger partial charge >= 0.3 is 5.97 Å². The van der Waals surface area contributed by atoms with Crippen LogP contribution >= 0.6 is 0 Å². The van der Waals surface area contributed by atoms with Gasteiger partial charge in [0.25, 0.3) is 0 Å². The lowest BCUT2D eigenvalue weighted by molar-refractivity contribution is -0.143. The number of furan rings is 1. The highest BCUT2D eigenvalue weighted by atomic mass is 16.5. The van der Waals surface area contributed by atoms with Crippen LogP contribution in [0.25, 0.3) is 11.6 Å². The lowest BCUT2D eigenvalue weighted by Gasteiger charge is -2.04. The molecule has 2 heterocycles. The molecule has 2 aromatic heterocycles. The Morgan fingerprint density at radius 1 is 1.48 bits per heavy atom. The number of carbonyl (C=O) groups is 2. The maximum absolute atomic E-state index is 11.6. The summed E-state index contributed by atoms with van der Waals surface area (Å²) >= 11 is 0. The van der Waals surface area contributed by atoms with E-state index < -0.39 is 0 Å². The van der Waals surface area contributed by atoms with Gasteiger partial charge in [-0.25, -0.2) is 0 Å². The van der Waals surface area contributed by atoms with Crippen LogP contribution in [0.2, 0.25) is 0 Å². The number of tetrazole rings is 1. The first-order valence-electron chi connectivity index (χ1n) is 6.43. The van der Waals surface area contributed by atoms with Crippen molar-refractivity contribution in [3.8, 4) is 11.6 Å². The predicted molar refractivity (Wildman–Crippen MR) is 69.8 cm³/mol. The number of amides is 1. The summed E-state index contributed by atoms with van der Waals surface area (Å²) in [4.78, 5) is 23.9. The third kappa shape index (κ3) is 4.41. The molecular weight excluding hydrogens is 278 g/mol. The van der Waals surface area contributed by atoms with E-state index in [9.17, 15) is 9.59 Å². The average Bonchev–Trinajstić information content (AvgIpc) is 3.09. The Labute approximate surface area is 120 Å². The molecule has 0 aliphatic heterocycles. The monoisotopic (exact) mass is 293 g/mol. The van der Waals surface area contributed by atoms with Crippen LogP contribution < -0.4 is 5.32 Å². The molecule has 2 rings (SSSR count). The lowest BCUT2D eigenvalue weighted by atomic mass is 10.4. The first-order chi connectivity index (χ1) is 10.2. The molecule has 0 aliphatic carbocycles. The van der Waals surface area contributed by atoms with Crippen LogP contribution in [0.3, 0.4) is 0 Å². The maximum atomic E-state index is 11.6. The van der Waals surface area contributed by atoms with Crippen molar-refractivity contribution in [3.05, 3.63) is 18.4 Å². The van der Waals surface area contributed by atoms with Crippen molar-refractivity contribution in [1.29, 1.82) is 0 Å². The molecule has 1 amide bonds. The molecule has 0 fully saturated rings. The Kier molecular flexibility index (Phi) is 5.02. The number of hydrogen-bond acceptors (Lipinski definition) is 7. The fourth-order valence-electron chi connectivity index (χ4n) is 1.54. The minimum absolute atomic E-state index is 0.0868. The smallest absolute Gasteiger partial charge is 0.307 e. The highest BCUT2D eigenvalue weighted by molar-refractivity contribution is 5.76. The predicted octanol–water partition coefficient (Wildman–Crippen LogP) is 0.00250. The number of aromatic nitrogens is 4. The van der Waals surface area contributed by atoms with Crippen LogP contribution in [0.1, 0.15) is 13.3 Å². The topological polar surface area (TPSA) is 112 Å². The number of carbonyl (C=O) groups excluding carboxylic acids is 2. The zero-order chi connectivity index (χ0) is 15.1. The van der Waals surface area contributed by atoms with Gasteiger partial charge in [0.1, 0.15) is 6.54 Å². The minimum Gasteiger partial charge on any atom is -0.466 e. The van der Waals surface area contributed by atoms with E-state index in [1.807, 2.05) is 0 Å². The first-order valence-corrected chi connectivity index (χ1v) is 6.43. The second-order valence-electron chi connectivity index (χ2n) is 4.03. The second kappa shape index (κ2) is 7.17. The highest BCUT2D eigenvalue weighted by Gasteiger charge is 2.11. The molecule has 0 unspecified atom stereocenters. The summed E-state index contributed by atoms with van der Waals surface area (Å²) in [5, 5.41) is 14.1. The summed E-state index contributed by atoms with van der Waals surface area (Å²) in [6, 6.07) is 3.40. The van der Waals surface area contributed by atoms with Gasteiger partial charge in [-0.15, -0.1) is 10.2 Å². The van der Waals surface area contributed by atoms with Gasteiger partial charge in [0.2, 0.25) is 11.7 Å². The minimum atomic E-state index is -0.350. The molecule has 2 aromatic rings. The molecule has 0 bridgehead atoms. The van der Waals surface area contributed by atoms with E-state index in [1.165, 1.54) is 6.26 Å². The Hall–Kier alpha value is -2.71. The van der Waals surface area contributed by atoms with Crippen LogP contribution in [0, 0.1) is 0 Å². The van der Waals surface area contributed by atoms with E-state index in [1.54, 1.807) is 19.1 Å². The molecule has 0 atom stereocenters. The molecule has 9 nitrogen and oxygen atoms in total. The molecule has 21 heavy (non-hydrogen) atoms. The van der Waals surface area contributed by atoms with Crippen molar-refractivity contribution in [1.82, 2.24) is 25.5 Å².